The van der Waals surface area contributed by atoms with Gasteiger partial charge in [-0.3, -0.25) is 4.21 Å². The molecule has 0 unspecified atom stereocenters. The van der Waals surface area contributed by atoms with Crippen molar-refractivity contribution in [3.63, 3.8) is 0 Å². The summed E-state index contributed by atoms with van der Waals surface area (Å²) in [5.74, 6) is 0. The van der Waals surface area contributed by atoms with Crippen LogP contribution in [0, 0.1) is 0 Å². The van der Waals surface area contributed by atoms with E-state index < -0.39 is 16.2 Å². The fraction of sp³-hybridized carbons (Fsp3) is 0.200. The van der Waals surface area contributed by atoms with E-state index in [1.165, 1.54) is 29.2 Å². The van der Waals surface area contributed by atoms with Crippen molar-refractivity contribution in [2.75, 3.05) is 12.5 Å². The van der Waals surface area contributed by atoms with Crippen LogP contribution in [0.4, 0.5) is 8.78 Å². The molecule has 0 aliphatic rings. The molecule has 3 heterocycles. The minimum Gasteiger partial charge on any atom is -0.250 e. The average Bonchev–Trinajstić information content (AvgIpc) is 3.15. The molecule has 0 spiro atoms. The van der Waals surface area contributed by atoms with Gasteiger partial charge in [0, 0.05) is 27.8 Å². The van der Waals surface area contributed by atoms with Crippen molar-refractivity contribution in [1.29, 1.82) is 0 Å². The summed E-state index contributed by atoms with van der Waals surface area (Å²) >= 11 is 0. The number of hydrogen-bond donors (Lipinski definition) is 0. The van der Waals surface area contributed by atoms with Gasteiger partial charge in [-0.15, -0.1) is 0 Å². The molecule has 154 valence electrons. The van der Waals surface area contributed by atoms with E-state index in [2.05, 4.69) is 24.4 Å². The highest BCUT2D eigenvalue weighted by Gasteiger charge is 2.14. The first-order valence-electron chi connectivity index (χ1n) is 8.97. The Morgan fingerprint density at radius 1 is 1.07 bits per heavy atom. The second kappa shape index (κ2) is 7.86. The first kappa shape index (κ1) is 20.0. The number of benzene rings is 1. The number of fused-ring (bicyclic) bond motifs is 1. The monoisotopic (exact) mass is 428 g/mol. The zero-order valence-electron chi connectivity index (χ0n) is 16.2. The predicted octanol–water partition coefficient (Wildman–Crippen LogP) is 4.02. The maximum absolute atomic E-state index is 13.0. The highest BCUT2D eigenvalue weighted by atomic mass is 32.2. The first-order valence-corrected chi connectivity index (χ1v) is 11.3. The van der Waals surface area contributed by atoms with Crippen molar-refractivity contribution in [2.45, 2.75) is 13.0 Å². The van der Waals surface area contributed by atoms with E-state index in [1.54, 1.807) is 18.6 Å². The molecular formula is C20H18F2N6OS. The lowest BCUT2D eigenvalue weighted by Crippen LogP contribution is -2.01. The Morgan fingerprint density at radius 3 is 2.63 bits per heavy atom. The fourth-order valence-electron chi connectivity index (χ4n) is 2.89. The minimum atomic E-state index is -2.68. The largest absolute Gasteiger partial charge is 0.282 e. The lowest BCUT2D eigenvalue weighted by molar-refractivity contribution is 0.144. The van der Waals surface area contributed by atoms with Crippen LogP contribution in [0.1, 0.15) is 17.7 Å². The Labute approximate surface area is 172 Å². The van der Waals surface area contributed by atoms with Crippen LogP contribution in [0.15, 0.2) is 59.4 Å². The topological polar surface area (TPSA) is 85.4 Å². The molecule has 1 aromatic carbocycles. The summed E-state index contributed by atoms with van der Waals surface area (Å²) in [7, 11) is -2.19. The van der Waals surface area contributed by atoms with Crippen LogP contribution in [0.25, 0.3) is 28.3 Å². The number of hydrogen-bond acceptors (Lipinski definition) is 6. The van der Waals surface area contributed by atoms with Crippen LogP contribution in [0.2, 0.25) is 0 Å². The van der Waals surface area contributed by atoms with Crippen LogP contribution in [0.3, 0.4) is 0 Å². The highest BCUT2D eigenvalue weighted by molar-refractivity contribution is 7.92. The summed E-state index contributed by atoms with van der Waals surface area (Å²) in [6.07, 6.45) is 3.45. The highest BCUT2D eigenvalue weighted by Crippen LogP contribution is 2.25. The summed E-state index contributed by atoms with van der Waals surface area (Å²) in [6, 6.07) is 12.1. The van der Waals surface area contributed by atoms with Crippen molar-refractivity contribution < 1.29 is 13.0 Å². The third-order valence-electron chi connectivity index (χ3n) is 4.32. The van der Waals surface area contributed by atoms with E-state index >= 15 is 0 Å². The van der Waals surface area contributed by atoms with E-state index in [0.29, 0.717) is 29.3 Å². The molecule has 0 radical (unpaired) electrons. The Bertz CT molecular complexity index is 1340. The van der Waals surface area contributed by atoms with Gasteiger partial charge >= 0.3 is 0 Å². The van der Waals surface area contributed by atoms with Crippen LogP contribution >= 0.6 is 0 Å². The van der Waals surface area contributed by atoms with Crippen molar-refractivity contribution in [2.24, 2.45) is 4.36 Å². The van der Waals surface area contributed by atoms with Crippen molar-refractivity contribution in [1.82, 2.24) is 24.6 Å². The fourth-order valence-corrected chi connectivity index (χ4v) is 3.35. The van der Waals surface area contributed by atoms with Crippen molar-refractivity contribution in [3.8, 4) is 22.6 Å². The second-order valence-corrected chi connectivity index (χ2v) is 9.55. The van der Waals surface area contributed by atoms with Crippen LogP contribution in [0.5, 0.6) is 0 Å². The van der Waals surface area contributed by atoms with E-state index in [0.717, 1.165) is 11.1 Å². The Balaban J connectivity index is 1.73. The standard InChI is InChI=1S/C20H18F2N6OS/c1-30(2,29)26-10-13-4-3-5-14(8-13)16-9-17(25-12-24-16)18-11-23-19-7-6-15(20(21)22)27-28(18)19/h3-9,11-12,20H,10H2,1-2H3. The summed E-state index contributed by atoms with van der Waals surface area (Å²) < 4.78 is 43.5. The molecule has 4 aromatic rings. The third-order valence-corrected chi connectivity index (χ3v) is 5.07. The first-order chi connectivity index (χ1) is 14.3. The van der Waals surface area contributed by atoms with Gasteiger partial charge in [-0.25, -0.2) is 32.6 Å². The maximum atomic E-state index is 13.0. The number of alkyl halides is 2. The van der Waals surface area contributed by atoms with Gasteiger partial charge in [-0.05, 0) is 29.8 Å². The lowest BCUT2D eigenvalue weighted by atomic mass is 10.1. The molecule has 3 aromatic heterocycles. The van der Waals surface area contributed by atoms with E-state index in [9.17, 15) is 13.0 Å². The zero-order chi connectivity index (χ0) is 21.3. The van der Waals surface area contributed by atoms with E-state index in [-0.39, 0.29) is 5.69 Å². The molecule has 0 aliphatic heterocycles. The smallest absolute Gasteiger partial charge is 0.250 e. The molecular weight excluding hydrogens is 410 g/mol. The molecule has 0 bridgehead atoms. The molecule has 0 saturated carbocycles. The minimum absolute atomic E-state index is 0.337. The van der Waals surface area contributed by atoms with Crippen molar-refractivity contribution in [3.05, 3.63) is 66.2 Å². The van der Waals surface area contributed by atoms with Gasteiger partial charge in [0.25, 0.3) is 6.43 Å². The number of rotatable bonds is 5. The molecule has 0 atom stereocenters. The van der Waals surface area contributed by atoms with Gasteiger partial charge < -0.3 is 0 Å². The zero-order valence-corrected chi connectivity index (χ0v) is 17.1. The summed E-state index contributed by atoms with van der Waals surface area (Å²) in [5.41, 5.74) is 3.49. The molecule has 4 rings (SSSR count). The van der Waals surface area contributed by atoms with Crippen LogP contribution in [-0.2, 0) is 16.3 Å². The number of imidazole rings is 1. The normalized spacial score (nSPS) is 11.9. The summed E-state index contributed by atoms with van der Waals surface area (Å²) in [4.78, 5) is 12.8. The van der Waals surface area contributed by atoms with Gasteiger partial charge in [-0.2, -0.15) is 5.10 Å². The molecule has 0 N–H and O–H groups in total. The lowest BCUT2D eigenvalue weighted by Gasteiger charge is -2.06. The number of nitrogens with zero attached hydrogens (tertiary/aromatic N) is 6. The molecule has 0 fully saturated rings. The molecule has 0 amide bonds. The van der Waals surface area contributed by atoms with Crippen molar-refractivity contribution >= 4 is 15.4 Å². The van der Waals surface area contributed by atoms with Gasteiger partial charge in [0.15, 0.2) is 5.65 Å². The Morgan fingerprint density at radius 2 is 1.87 bits per heavy atom. The number of aromatic nitrogens is 5. The second-order valence-electron chi connectivity index (χ2n) is 6.93. The molecule has 0 saturated heterocycles. The van der Waals surface area contributed by atoms with Gasteiger partial charge in [0.05, 0.1) is 24.1 Å². The molecule has 7 nitrogen and oxygen atoms in total. The maximum Gasteiger partial charge on any atom is 0.282 e. The molecule has 10 heteroatoms. The number of halogens is 2. The Kier molecular flexibility index (Phi) is 5.25. The van der Waals surface area contributed by atoms with Gasteiger partial charge in [-0.1, -0.05) is 18.2 Å². The predicted molar refractivity (Wildman–Crippen MR) is 111 cm³/mol. The van der Waals surface area contributed by atoms with Crippen LogP contribution < -0.4 is 0 Å². The molecule has 30 heavy (non-hydrogen) atoms. The molecule has 0 aliphatic carbocycles. The van der Waals surface area contributed by atoms with E-state index in [1.807, 2.05) is 24.3 Å². The Hall–Kier alpha value is -3.27. The summed E-state index contributed by atoms with van der Waals surface area (Å²) in [6.45, 7) is 0.338. The van der Waals surface area contributed by atoms with E-state index in [4.69, 9.17) is 0 Å². The SMILES string of the molecule is CS(C)(=O)=NCc1cccc(-c2cc(-c3cnc4ccc(C(F)F)nn34)ncn2)c1. The third kappa shape index (κ3) is 4.33. The van der Waals surface area contributed by atoms with Gasteiger partial charge in [0.1, 0.15) is 17.7 Å². The average molecular weight is 428 g/mol. The van der Waals surface area contributed by atoms with Crippen LogP contribution in [-0.4, -0.2) is 41.3 Å². The summed E-state index contributed by atoms with van der Waals surface area (Å²) in [5, 5.41) is 3.98. The van der Waals surface area contributed by atoms with Gasteiger partial charge in [0.2, 0.25) is 0 Å². The quantitative estimate of drug-likeness (QED) is 0.479.